The first-order chi connectivity index (χ1) is 9.65. The number of amidine groups is 1. The molecule has 0 bridgehead atoms. The van der Waals surface area contributed by atoms with Gasteiger partial charge in [0, 0.05) is 18.8 Å². The van der Waals surface area contributed by atoms with Crippen molar-refractivity contribution < 1.29 is 4.39 Å². The van der Waals surface area contributed by atoms with Gasteiger partial charge in [-0.3, -0.25) is 15.4 Å². The molecule has 0 fully saturated rings. The van der Waals surface area contributed by atoms with Crippen molar-refractivity contribution >= 4 is 27.5 Å². The van der Waals surface area contributed by atoms with Crippen LogP contribution in [-0.4, -0.2) is 23.1 Å². The van der Waals surface area contributed by atoms with Crippen LogP contribution in [-0.2, 0) is 6.42 Å². The molecule has 0 amide bonds. The third-order valence-electron chi connectivity index (χ3n) is 2.28. The molecule has 0 aliphatic carbocycles. The van der Waals surface area contributed by atoms with Crippen molar-refractivity contribution in [2.45, 2.75) is 13.3 Å². The van der Waals surface area contributed by atoms with Gasteiger partial charge in [0.2, 0.25) is 0 Å². The Labute approximate surface area is 126 Å². The number of aliphatic imine (C=N–C) groups is 1. The van der Waals surface area contributed by atoms with Gasteiger partial charge < -0.3 is 5.32 Å². The standard InChI is InChI=1S/C14H16BrFN4/c1-2-3-13(19-5-4-15)10-20-14(17)7-11-6-12(16)9-18-8-11/h2-6,8-9H,7,10H2,1H3,(H2,17,20)/b3-2-,5-4+,19-13+. The molecule has 4 nitrogen and oxygen atoms in total. The summed E-state index contributed by atoms with van der Waals surface area (Å²) in [5, 5.41) is 10.8. The van der Waals surface area contributed by atoms with Crippen LogP contribution in [0.1, 0.15) is 12.5 Å². The van der Waals surface area contributed by atoms with Crippen molar-refractivity contribution in [2.24, 2.45) is 4.99 Å². The first-order valence-electron chi connectivity index (χ1n) is 6.01. The monoisotopic (exact) mass is 338 g/mol. The van der Waals surface area contributed by atoms with Gasteiger partial charge in [-0.2, -0.15) is 0 Å². The summed E-state index contributed by atoms with van der Waals surface area (Å²) in [6.45, 7) is 2.33. The highest BCUT2D eigenvalue weighted by Gasteiger charge is 2.02. The summed E-state index contributed by atoms with van der Waals surface area (Å²) in [7, 11) is 0. The maximum atomic E-state index is 13.0. The lowest BCUT2D eigenvalue weighted by Gasteiger charge is -2.07. The maximum absolute atomic E-state index is 13.0. The minimum Gasteiger partial charge on any atom is -0.368 e. The van der Waals surface area contributed by atoms with Crippen LogP contribution in [0.4, 0.5) is 4.39 Å². The number of rotatable bonds is 6. The van der Waals surface area contributed by atoms with Gasteiger partial charge in [-0.1, -0.05) is 22.0 Å². The molecule has 2 N–H and O–H groups in total. The molecule has 1 rings (SSSR count). The highest BCUT2D eigenvalue weighted by molar-refractivity contribution is 9.11. The highest BCUT2D eigenvalue weighted by Crippen LogP contribution is 2.01. The Morgan fingerprint density at radius 2 is 2.35 bits per heavy atom. The number of hydrogen-bond donors (Lipinski definition) is 2. The molecule has 6 heteroatoms. The Morgan fingerprint density at radius 1 is 1.55 bits per heavy atom. The van der Waals surface area contributed by atoms with E-state index in [1.165, 1.54) is 6.07 Å². The van der Waals surface area contributed by atoms with Crippen LogP contribution in [0.5, 0.6) is 0 Å². The van der Waals surface area contributed by atoms with E-state index >= 15 is 0 Å². The van der Waals surface area contributed by atoms with E-state index < -0.39 is 5.82 Å². The fourth-order valence-electron chi connectivity index (χ4n) is 1.48. The summed E-state index contributed by atoms with van der Waals surface area (Å²) in [5.41, 5.74) is 1.46. The topological polar surface area (TPSA) is 61.1 Å². The average Bonchev–Trinajstić information content (AvgIpc) is 2.42. The molecule has 1 aromatic rings. The van der Waals surface area contributed by atoms with Gasteiger partial charge in [-0.05, 0) is 29.6 Å². The molecule has 0 aliphatic heterocycles. The van der Waals surface area contributed by atoms with E-state index in [0.29, 0.717) is 18.5 Å². The molecule has 1 aromatic heterocycles. The molecule has 0 unspecified atom stereocenters. The molecule has 20 heavy (non-hydrogen) atoms. The fourth-order valence-corrected chi connectivity index (χ4v) is 1.60. The van der Waals surface area contributed by atoms with Crippen molar-refractivity contribution in [1.82, 2.24) is 10.3 Å². The highest BCUT2D eigenvalue weighted by atomic mass is 79.9. The van der Waals surface area contributed by atoms with E-state index in [0.717, 1.165) is 11.9 Å². The number of hydrogen-bond acceptors (Lipinski definition) is 3. The summed E-state index contributed by atoms with van der Waals surface area (Å²) in [4.78, 5) is 9.60. The van der Waals surface area contributed by atoms with E-state index in [2.05, 4.69) is 31.2 Å². The predicted octanol–water partition coefficient (Wildman–Crippen LogP) is 3.21. The van der Waals surface area contributed by atoms with Gasteiger partial charge in [0.1, 0.15) is 5.82 Å². The first kappa shape index (κ1) is 16.2. The van der Waals surface area contributed by atoms with Crippen LogP contribution in [0.15, 0.2) is 46.8 Å². The Hall–Kier alpha value is -1.82. The van der Waals surface area contributed by atoms with Gasteiger partial charge in [0.05, 0.1) is 24.3 Å². The SMILES string of the molecule is C\C=C/C(CNC(=N)Cc1cncc(F)c1)=N\C=C\Br. The maximum Gasteiger partial charge on any atom is 0.141 e. The van der Waals surface area contributed by atoms with Gasteiger partial charge in [-0.25, -0.2) is 4.39 Å². The van der Waals surface area contributed by atoms with Crippen LogP contribution in [0.2, 0.25) is 0 Å². The second-order valence-corrected chi connectivity index (χ2v) is 4.44. The molecule has 0 aromatic carbocycles. The van der Waals surface area contributed by atoms with E-state index in [1.54, 1.807) is 17.4 Å². The van der Waals surface area contributed by atoms with Gasteiger partial charge in [0.15, 0.2) is 0 Å². The molecular weight excluding hydrogens is 323 g/mol. The number of halogens is 2. The largest absolute Gasteiger partial charge is 0.368 e. The van der Waals surface area contributed by atoms with E-state index in [4.69, 9.17) is 5.41 Å². The second-order valence-electron chi connectivity index (χ2n) is 3.92. The molecule has 0 aliphatic rings. The van der Waals surface area contributed by atoms with E-state index in [-0.39, 0.29) is 5.84 Å². The quantitative estimate of drug-likeness (QED) is 0.618. The second kappa shape index (κ2) is 9.14. The lowest BCUT2D eigenvalue weighted by atomic mass is 10.2. The van der Waals surface area contributed by atoms with Crippen molar-refractivity contribution in [2.75, 3.05) is 6.54 Å². The predicted molar refractivity (Wildman–Crippen MR) is 83.9 cm³/mol. The summed E-state index contributed by atoms with van der Waals surface area (Å²) in [6.07, 6.45) is 8.36. The van der Waals surface area contributed by atoms with Crippen molar-refractivity contribution in [3.05, 3.63) is 53.2 Å². The Bertz CT molecular complexity index is 538. The number of pyridine rings is 1. The first-order valence-corrected chi connectivity index (χ1v) is 6.92. The summed E-state index contributed by atoms with van der Waals surface area (Å²) >= 11 is 3.14. The zero-order valence-electron chi connectivity index (χ0n) is 11.1. The van der Waals surface area contributed by atoms with Crippen LogP contribution in [0, 0.1) is 11.2 Å². The Kier molecular flexibility index (Phi) is 7.42. The summed E-state index contributed by atoms with van der Waals surface area (Å²) in [5.74, 6) is -0.105. The Morgan fingerprint density at radius 3 is 3.00 bits per heavy atom. The molecule has 0 saturated heterocycles. The van der Waals surface area contributed by atoms with Crippen LogP contribution in [0.3, 0.4) is 0 Å². The third kappa shape index (κ3) is 6.38. The molecular formula is C14H16BrFN4. The van der Waals surface area contributed by atoms with Gasteiger partial charge in [0.25, 0.3) is 0 Å². The van der Waals surface area contributed by atoms with Crippen molar-refractivity contribution in [3.63, 3.8) is 0 Å². The molecule has 106 valence electrons. The van der Waals surface area contributed by atoms with Gasteiger partial charge >= 0.3 is 0 Å². The number of aromatic nitrogens is 1. The molecule has 0 radical (unpaired) electrons. The zero-order chi connectivity index (χ0) is 14.8. The Balaban J connectivity index is 2.53. The normalized spacial score (nSPS) is 12.2. The smallest absolute Gasteiger partial charge is 0.141 e. The summed E-state index contributed by atoms with van der Waals surface area (Å²) in [6, 6.07) is 1.37. The fraction of sp³-hybridized carbons (Fsp3) is 0.214. The lowest BCUT2D eigenvalue weighted by Crippen LogP contribution is -2.29. The number of nitrogens with zero attached hydrogens (tertiary/aromatic N) is 2. The van der Waals surface area contributed by atoms with Crippen LogP contribution in [0.25, 0.3) is 0 Å². The number of allylic oxidation sites excluding steroid dienone is 1. The van der Waals surface area contributed by atoms with E-state index in [1.807, 2.05) is 19.1 Å². The lowest BCUT2D eigenvalue weighted by molar-refractivity contribution is 0.619. The van der Waals surface area contributed by atoms with Gasteiger partial charge in [-0.15, -0.1) is 0 Å². The van der Waals surface area contributed by atoms with Crippen molar-refractivity contribution in [3.8, 4) is 0 Å². The molecule has 0 spiro atoms. The average molecular weight is 339 g/mol. The zero-order valence-corrected chi connectivity index (χ0v) is 12.7. The molecule has 1 heterocycles. The molecule has 0 saturated carbocycles. The number of nitrogens with one attached hydrogen (secondary N) is 2. The van der Waals surface area contributed by atoms with Crippen LogP contribution >= 0.6 is 15.9 Å². The molecule has 0 atom stereocenters. The van der Waals surface area contributed by atoms with E-state index in [9.17, 15) is 4.39 Å². The van der Waals surface area contributed by atoms with Crippen molar-refractivity contribution in [1.29, 1.82) is 5.41 Å². The minimum absolute atomic E-state index is 0.289. The van der Waals surface area contributed by atoms with Crippen LogP contribution < -0.4 is 5.32 Å². The summed E-state index contributed by atoms with van der Waals surface area (Å²) < 4.78 is 13.0. The minimum atomic E-state index is -0.395. The third-order valence-corrected chi connectivity index (χ3v) is 2.52.